The third-order valence-corrected chi connectivity index (χ3v) is 6.00. The number of ether oxygens (including phenoxy) is 1. The molecule has 3 rings (SSSR count). The largest absolute Gasteiger partial charge is 0.444 e. The number of carbonyl (C=O) groups is 3. The van der Waals surface area contributed by atoms with Gasteiger partial charge in [-0.1, -0.05) is 17.7 Å². The molecule has 1 aromatic rings. The van der Waals surface area contributed by atoms with E-state index in [2.05, 4.69) is 15.5 Å². The second kappa shape index (κ2) is 11.0. The normalized spacial score (nSPS) is 21.9. The van der Waals surface area contributed by atoms with E-state index in [0.717, 1.165) is 43.5 Å². The maximum atomic E-state index is 12.9. The Bertz CT molecular complexity index is 834. The van der Waals surface area contributed by atoms with E-state index in [-0.39, 0.29) is 29.9 Å². The van der Waals surface area contributed by atoms with Crippen molar-refractivity contribution in [3.05, 3.63) is 29.8 Å². The van der Waals surface area contributed by atoms with E-state index < -0.39 is 5.60 Å². The Morgan fingerprint density at radius 1 is 1.03 bits per heavy atom. The lowest BCUT2D eigenvalue weighted by Crippen LogP contribution is -2.53. The lowest BCUT2D eigenvalue weighted by atomic mass is 9.96. The van der Waals surface area contributed by atoms with Gasteiger partial charge < -0.3 is 20.3 Å². The van der Waals surface area contributed by atoms with Crippen LogP contribution in [0.5, 0.6) is 0 Å². The number of rotatable bonds is 5. The van der Waals surface area contributed by atoms with E-state index in [9.17, 15) is 14.4 Å². The molecule has 1 aromatic carbocycles. The summed E-state index contributed by atoms with van der Waals surface area (Å²) in [6, 6.07) is 7.75. The van der Waals surface area contributed by atoms with Crippen LogP contribution in [0.4, 0.5) is 10.5 Å². The molecule has 0 bridgehead atoms. The van der Waals surface area contributed by atoms with Crippen LogP contribution in [0.1, 0.15) is 52.0 Å². The number of hydrogen-bond donors (Lipinski definition) is 2. The van der Waals surface area contributed by atoms with E-state index in [1.807, 2.05) is 52.0 Å². The molecule has 2 fully saturated rings. The lowest BCUT2D eigenvalue weighted by molar-refractivity contribution is -0.127. The molecule has 2 heterocycles. The first-order chi connectivity index (χ1) is 15.6. The topological polar surface area (TPSA) is 91.0 Å². The molecule has 8 heteroatoms. The average Bonchev–Trinajstić information content (AvgIpc) is 2.74. The number of likely N-dealkylation sites (tertiary alicyclic amines) is 2. The fraction of sp³-hybridized carbons (Fsp3) is 0.640. The Labute approximate surface area is 197 Å². The van der Waals surface area contributed by atoms with E-state index in [1.165, 1.54) is 0 Å². The van der Waals surface area contributed by atoms with Crippen molar-refractivity contribution in [2.24, 2.45) is 5.92 Å². The minimum atomic E-state index is -0.552. The predicted molar refractivity (Wildman–Crippen MR) is 128 cm³/mol. The van der Waals surface area contributed by atoms with Crippen molar-refractivity contribution in [1.82, 2.24) is 15.1 Å². The fourth-order valence-electron chi connectivity index (χ4n) is 4.36. The smallest absolute Gasteiger partial charge is 0.410 e. The molecule has 3 amide bonds. The molecule has 33 heavy (non-hydrogen) atoms. The van der Waals surface area contributed by atoms with Gasteiger partial charge in [-0.3, -0.25) is 14.5 Å². The fourth-order valence-corrected chi connectivity index (χ4v) is 4.36. The Hall–Kier alpha value is -2.61. The van der Waals surface area contributed by atoms with Gasteiger partial charge in [0.25, 0.3) is 0 Å². The third kappa shape index (κ3) is 8.03. The van der Waals surface area contributed by atoms with Gasteiger partial charge in [-0.2, -0.15) is 0 Å². The highest BCUT2D eigenvalue weighted by Crippen LogP contribution is 2.20. The molecule has 2 N–H and O–H groups in total. The Morgan fingerprint density at radius 3 is 2.42 bits per heavy atom. The van der Waals surface area contributed by atoms with Gasteiger partial charge in [0, 0.05) is 31.4 Å². The predicted octanol–water partition coefficient (Wildman–Crippen LogP) is 3.16. The zero-order chi connectivity index (χ0) is 24.0. The van der Waals surface area contributed by atoms with Crippen LogP contribution in [0, 0.1) is 12.8 Å². The van der Waals surface area contributed by atoms with Crippen LogP contribution in [0.2, 0.25) is 0 Å². The van der Waals surface area contributed by atoms with E-state index in [1.54, 1.807) is 4.90 Å². The molecule has 0 aliphatic carbocycles. The number of nitrogens with zero attached hydrogens (tertiary/aromatic N) is 2. The van der Waals surface area contributed by atoms with Gasteiger partial charge in [0.15, 0.2) is 0 Å². The molecule has 0 radical (unpaired) electrons. The zero-order valence-corrected chi connectivity index (χ0v) is 20.4. The van der Waals surface area contributed by atoms with Gasteiger partial charge in [-0.15, -0.1) is 0 Å². The Morgan fingerprint density at radius 2 is 1.73 bits per heavy atom. The standard InChI is InChI=1S/C25H38N4O4/c1-18-9-11-20(12-10-18)26-22(30)17-28-13-6-8-21(16-28)27-23(31)19-7-5-14-29(15-19)24(32)33-25(2,3)4/h9-12,19,21H,5-8,13-17H2,1-4H3,(H,26,30)(H,27,31)/t19-,21-/m0/s1. The van der Waals surface area contributed by atoms with Crippen LogP contribution in [0.3, 0.4) is 0 Å². The summed E-state index contributed by atoms with van der Waals surface area (Å²) in [7, 11) is 0. The number of amides is 3. The molecule has 2 aliphatic heterocycles. The summed E-state index contributed by atoms with van der Waals surface area (Å²) >= 11 is 0. The van der Waals surface area contributed by atoms with Gasteiger partial charge in [-0.25, -0.2) is 4.79 Å². The first-order valence-corrected chi connectivity index (χ1v) is 12.0. The first-order valence-electron chi connectivity index (χ1n) is 12.0. The van der Waals surface area contributed by atoms with Crippen molar-refractivity contribution in [2.45, 2.75) is 65.0 Å². The highest BCUT2D eigenvalue weighted by Gasteiger charge is 2.32. The summed E-state index contributed by atoms with van der Waals surface area (Å²) in [5.74, 6) is -0.295. The third-order valence-electron chi connectivity index (χ3n) is 6.00. The van der Waals surface area contributed by atoms with Crippen molar-refractivity contribution in [3.8, 4) is 0 Å². The van der Waals surface area contributed by atoms with Gasteiger partial charge in [-0.05, 0) is 72.1 Å². The van der Waals surface area contributed by atoms with Crippen LogP contribution in [-0.2, 0) is 14.3 Å². The van der Waals surface area contributed by atoms with Crippen LogP contribution in [0.25, 0.3) is 0 Å². The molecule has 0 aromatic heterocycles. The maximum Gasteiger partial charge on any atom is 0.410 e. The molecule has 0 spiro atoms. The maximum absolute atomic E-state index is 12.9. The van der Waals surface area contributed by atoms with Crippen molar-refractivity contribution >= 4 is 23.6 Å². The van der Waals surface area contributed by atoms with Gasteiger partial charge in [0.05, 0.1) is 12.5 Å². The second-order valence-electron chi connectivity index (χ2n) is 10.3. The lowest BCUT2D eigenvalue weighted by Gasteiger charge is -2.36. The van der Waals surface area contributed by atoms with E-state index in [0.29, 0.717) is 26.2 Å². The quantitative estimate of drug-likeness (QED) is 0.707. The van der Waals surface area contributed by atoms with Crippen LogP contribution in [-0.4, -0.2) is 72.1 Å². The van der Waals surface area contributed by atoms with Crippen LogP contribution >= 0.6 is 0 Å². The summed E-state index contributed by atoms with van der Waals surface area (Å²) < 4.78 is 5.47. The van der Waals surface area contributed by atoms with Gasteiger partial charge >= 0.3 is 6.09 Å². The molecular weight excluding hydrogens is 420 g/mol. The highest BCUT2D eigenvalue weighted by atomic mass is 16.6. The summed E-state index contributed by atoms with van der Waals surface area (Å²) in [6.07, 6.45) is 3.01. The van der Waals surface area contributed by atoms with E-state index in [4.69, 9.17) is 4.74 Å². The summed E-state index contributed by atoms with van der Waals surface area (Å²) in [5, 5.41) is 6.10. The highest BCUT2D eigenvalue weighted by molar-refractivity contribution is 5.92. The Kier molecular flexibility index (Phi) is 8.35. The first kappa shape index (κ1) is 25.0. The Balaban J connectivity index is 1.46. The van der Waals surface area contributed by atoms with E-state index >= 15 is 0 Å². The zero-order valence-electron chi connectivity index (χ0n) is 20.4. The monoisotopic (exact) mass is 458 g/mol. The number of piperidine rings is 2. The molecule has 0 saturated carbocycles. The van der Waals surface area contributed by atoms with Crippen molar-refractivity contribution in [3.63, 3.8) is 0 Å². The van der Waals surface area contributed by atoms with Crippen molar-refractivity contribution in [2.75, 3.05) is 38.0 Å². The van der Waals surface area contributed by atoms with Gasteiger partial charge in [0.1, 0.15) is 5.60 Å². The number of aryl methyl sites for hydroxylation is 1. The molecule has 2 saturated heterocycles. The minimum Gasteiger partial charge on any atom is -0.444 e. The van der Waals surface area contributed by atoms with Crippen molar-refractivity contribution < 1.29 is 19.1 Å². The van der Waals surface area contributed by atoms with Crippen molar-refractivity contribution in [1.29, 1.82) is 0 Å². The number of hydrogen-bond acceptors (Lipinski definition) is 5. The molecule has 2 atom stereocenters. The molecule has 182 valence electrons. The van der Waals surface area contributed by atoms with Gasteiger partial charge in [0.2, 0.25) is 11.8 Å². The minimum absolute atomic E-state index is 0.00956. The number of nitrogens with one attached hydrogen (secondary N) is 2. The SMILES string of the molecule is Cc1ccc(NC(=O)CN2CCC[C@H](NC(=O)[C@H]3CCCN(C(=O)OC(C)(C)C)C3)C2)cc1. The number of anilines is 1. The molecular formula is C25H38N4O4. The summed E-state index contributed by atoms with van der Waals surface area (Å²) in [6.45, 7) is 10.3. The average molecular weight is 459 g/mol. The number of carbonyl (C=O) groups excluding carboxylic acids is 3. The second-order valence-corrected chi connectivity index (χ2v) is 10.3. The molecule has 0 unspecified atom stereocenters. The molecule has 8 nitrogen and oxygen atoms in total. The summed E-state index contributed by atoms with van der Waals surface area (Å²) in [4.78, 5) is 41.5. The number of benzene rings is 1. The van der Waals surface area contributed by atoms with Crippen LogP contribution in [0.15, 0.2) is 24.3 Å². The van der Waals surface area contributed by atoms with Crippen LogP contribution < -0.4 is 10.6 Å². The summed E-state index contributed by atoms with van der Waals surface area (Å²) in [5.41, 5.74) is 1.39. The molecule has 2 aliphatic rings.